The van der Waals surface area contributed by atoms with Gasteiger partial charge in [-0.15, -0.1) is 0 Å². The van der Waals surface area contributed by atoms with Crippen LogP contribution in [0.1, 0.15) is 50.5 Å². The van der Waals surface area contributed by atoms with E-state index in [0.29, 0.717) is 5.92 Å². The second-order valence-corrected chi connectivity index (χ2v) is 8.82. The summed E-state index contributed by atoms with van der Waals surface area (Å²) < 4.78 is 4.74. The molecule has 2 amide bonds. The Balaban J connectivity index is 1.61. The number of aromatic amines is 1. The Morgan fingerprint density at radius 1 is 1.23 bits per heavy atom. The van der Waals surface area contributed by atoms with Crippen molar-refractivity contribution in [3.63, 3.8) is 0 Å². The molecule has 1 saturated heterocycles. The van der Waals surface area contributed by atoms with Crippen molar-refractivity contribution in [1.82, 2.24) is 20.2 Å². The van der Waals surface area contributed by atoms with Crippen LogP contribution in [0.15, 0.2) is 30.5 Å². The van der Waals surface area contributed by atoms with E-state index in [2.05, 4.69) is 46.5 Å². The number of hydrogen-bond donors (Lipinski definition) is 2. The molecule has 30 heavy (non-hydrogen) atoms. The normalized spacial score (nSPS) is 23.6. The van der Waals surface area contributed by atoms with E-state index in [9.17, 15) is 9.59 Å². The molecule has 2 aliphatic rings. The van der Waals surface area contributed by atoms with Crippen molar-refractivity contribution < 1.29 is 14.3 Å². The molecule has 0 unspecified atom stereocenters. The van der Waals surface area contributed by atoms with Crippen molar-refractivity contribution in [3.05, 3.63) is 41.9 Å². The van der Waals surface area contributed by atoms with Crippen LogP contribution in [0.5, 0.6) is 0 Å². The number of nitrogens with zero attached hydrogens (tertiary/aromatic N) is 2. The smallest absolute Gasteiger partial charge is 0.407 e. The molecular formula is C23H30N4O3. The van der Waals surface area contributed by atoms with Gasteiger partial charge in [0.05, 0.1) is 25.0 Å². The summed E-state index contributed by atoms with van der Waals surface area (Å²) in [5.74, 6) is 1.12. The number of imidazole rings is 1. The summed E-state index contributed by atoms with van der Waals surface area (Å²) in [4.78, 5) is 35.5. The summed E-state index contributed by atoms with van der Waals surface area (Å²) in [7, 11) is 1.31. The van der Waals surface area contributed by atoms with Gasteiger partial charge in [0.25, 0.3) is 0 Å². The number of methoxy groups -OCH3 is 1. The summed E-state index contributed by atoms with van der Waals surface area (Å²) in [5, 5.41) is 2.73. The summed E-state index contributed by atoms with van der Waals surface area (Å²) in [5.41, 5.74) is 3.24. The second kappa shape index (κ2) is 8.13. The second-order valence-electron chi connectivity index (χ2n) is 8.82. The lowest BCUT2D eigenvalue weighted by Gasteiger charge is -2.37. The minimum absolute atomic E-state index is 0.0453. The van der Waals surface area contributed by atoms with Crippen LogP contribution in [-0.2, 0) is 9.53 Å². The lowest BCUT2D eigenvalue weighted by molar-refractivity contribution is -0.139. The minimum Gasteiger partial charge on any atom is -0.453 e. The molecule has 4 rings (SSSR count). The maximum absolute atomic E-state index is 13.5. The average molecular weight is 411 g/mol. The van der Waals surface area contributed by atoms with Gasteiger partial charge in [-0.05, 0) is 43.6 Å². The molecule has 0 spiro atoms. The number of fused-ring (bicyclic) bond motifs is 2. The molecule has 0 radical (unpaired) electrons. The summed E-state index contributed by atoms with van der Waals surface area (Å²) in [6, 6.07) is 7.80. The predicted octanol–water partition coefficient (Wildman–Crippen LogP) is 3.82. The van der Waals surface area contributed by atoms with Crippen molar-refractivity contribution in [2.24, 2.45) is 11.8 Å². The van der Waals surface area contributed by atoms with E-state index in [4.69, 9.17) is 4.74 Å². The maximum Gasteiger partial charge on any atom is 0.407 e. The highest BCUT2D eigenvalue weighted by Crippen LogP contribution is 2.50. The molecule has 1 aliphatic heterocycles. The third-order valence-corrected chi connectivity index (χ3v) is 6.47. The summed E-state index contributed by atoms with van der Waals surface area (Å²) in [6.07, 6.45) is 4.35. The largest absolute Gasteiger partial charge is 0.453 e. The molecule has 7 heteroatoms. The number of ether oxygens (including phenoxy) is 1. The first-order valence-corrected chi connectivity index (χ1v) is 10.7. The van der Waals surface area contributed by atoms with E-state index in [0.717, 1.165) is 36.3 Å². The molecule has 2 aromatic rings. The van der Waals surface area contributed by atoms with Gasteiger partial charge in [0, 0.05) is 6.04 Å². The van der Waals surface area contributed by atoms with Crippen molar-refractivity contribution in [3.8, 4) is 11.3 Å². The number of nitrogens with one attached hydrogen (secondary N) is 2. The Bertz CT molecular complexity index is 921. The van der Waals surface area contributed by atoms with Crippen LogP contribution in [0.25, 0.3) is 11.3 Å². The van der Waals surface area contributed by atoms with Gasteiger partial charge in [-0.3, -0.25) is 4.79 Å². The lowest BCUT2D eigenvalue weighted by Crippen LogP contribution is -2.54. The van der Waals surface area contributed by atoms with Gasteiger partial charge in [-0.2, -0.15) is 0 Å². The summed E-state index contributed by atoms with van der Waals surface area (Å²) in [6.45, 7) is 5.93. The van der Waals surface area contributed by atoms with E-state index >= 15 is 0 Å². The molecule has 2 bridgehead atoms. The number of alkyl carbamates (subject to hydrolysis) is 1. The molecule has 7 nitrogen and oxygen atoms in total. The molecule has 2 heterocycles. The van der Waals surface area contributed by atoms with Gasteiger partial charge in [-0.1, -0.05) is 43.7 Å². The van der Waals surface area contributed by atoms with Crippen LogP contribution in [-0.4, -0.2) is 46.1 Å². The number of carbonyl (C=O) groups excluding carboxylic acids is 2. The fourth-order valence-electron chi connectivity index (χ4n) is 4.88. The quantitative estimate of drug-likeness (QED) is 0.784. The maximum atomic E-state index is 13.5. The van der Waals surface area contributed by atoms with E-state index in [1.54, 1.807) is 0 Å². The highest BCUT2D eigenvalue weighted by Gasteiger charge is 2.51. The Morgan fingerprint density at radius 3 is 2.63 bits per heavy atom. The molecule has 1 aromatic heterocycles. The number of rotatable bonds is 5. The molecular weight excluding hydrogens is 380 g/mol. The SMILES string of the molecule is COC(=O)N[C@H](C(=O)N1[C@@H]2CC[C@@H](C2)[C@H]1c1ncc(-c2ccc(C)cc2)[nH]1)C(C)C. The van der Waals surface area contributed by atoms with Crippen LogP contribution in [0.4, 0.5) is 4.79 Å². The highest BCUT2D eigenvalue weighted by atomic mass is 16.5. The van der Waals surface area contributed by atoms with Crippen molar-refractivity contribution in [1.29, 1.82) is 0 Å². The number of H-pyrrole nitrogens is 1. The van der Waals surface area contributed by atoms with Crippen molar-refractivity contribution >= 4 is 12.0 Å². The summed E-state index contributed by atoms with van der Waals surface area (Å²) >= 11 is 0. The Labute approximate surface area is 177 Å². The van der Waals surface area contributed by atoms with Crippen LogP contribution in [0, 0.1) is 18.8 Å². The van der Waals surface area contributed by atoms with Crippen LogP contribution in [0.2, 0.25) is 0 Å². The number of piperidine rings is 1. The zero-order valence-corrected chi connectivity index (χ0v) is 18.0. The van der Waals surface area contributed by atoms with Crippen LogP contribution >= 0.6 is 0 Å². The Kier molecular flexibility index (Phi) is 5.54. The molecule has 4 atom stereocenters. The van der Waals surface area contributed by atoms with E-state index < -0.39 is 12.1 Å². The van der Waals surface area contributed by atoms with Gasteiger partial charge in [0.15, 0.2) is 0 Å². The van der Waals surface area contributed by atoms with Gasteiger partial charge >= 0.3 is 6.09 Å². The molecule has 2 N–H and O–H groups in total. The lowest BCUT2D eigenvalue weighted by atomic mass is 9.95. The Hall–Kier alpha value is -2.83. The van der Waals surface area contributed by atoms with Gasteiger partial charge < -0.3 is 19.9 Å². The van der Waals surface area contributed by atoms with Gasteiger partial charge in [0.1, 0.15) is 11.9 Å². The number of likely N-dealkylation sites (tertiary alicyclic amines) is 1. The van der Waals surface area contributed by atoms with Crippen LogP contribution < -0.4 is 5.32 Å². The zero-order valence-electron chi connectivity index (χ0n) is 18.0. The number of carbonyl (C=O) groups is 2. The average Bonchev–Trinajstić information content (AvgIpc) is 3.47. The molecule has 1 aliphatic carbocycles. The van der Waals surface area contributed by atoms with E-state index in [1.165, 1.54) is 12.7 Å². The number of aryl methyl sites for hydroxylation is 1. The van der Waals surface area contributed by atoms with Gasteiger partial charge in [-0.25, -0.2) is 9.78 Å². The van der Waals surface area contributed by atoms with Crippen molar-refractivity contribution in [2.75, 3.05) is 7.11 Å². The van der Waals surface area contributed by atoms with Crippen molar-refractivity contribution in [2.45, 2.75) is 58.2 Å². The number of amides is 2. The zero-order chi connectivity index (χ0) is 21.4. The monoisotopic (exact) mass is 410 g/mol. The van der Waals surface area contributed by atoms with Crippen LogP contribution in [0.3, 0.4) is 0 Å². The molecule has 1 saturated carbocycles. The molecule has 160 valence electrons. The fourth-order valence-corrected chi connectivity index (χ4v) is 4.88. The van der Waals surface area contributed by atoms with Gasteiger partial charge in [0.2, 0.25) is 5.91 Å². The number of aromatic nitrogens is 2. The highest BCUT2D eigenvalue weighted by molar-refractivity contribution is 5.87. The first-order chi connectivity index (χ1) is 14.4. The first-order valence-electron chi connectivity index (χ1n) is 10.7. The first kappa shape index (κ1) is 20.4. The predicted molar refractivity (Wildman–Crippen MR) is 114 cm³/mol. The number of benzene rings is 1. The third kappa shape index (κ3) is 3.68. The minimum atomic E-state index is -0.620. The third-order valence-electron chi connectivity index (χ3n) is 6.47. The molecule has 1 aromatic carbocycles. The van der Waals surface area contributed by atoms with E-state index in [1.807, 2.05) is 24.9 Å². The standard InChI is InChI=1S/C23H30N4O3/c1-13(2)19(26-23(29)30-4)22(28)27-17-10-9-16(11-17)20(27)21-24-12-18(25-21)15-7-5-14(3)6-8-15/h5-8,12-13,16-17,19-20H,9-11H2,1-4H3,(H,24,25)(H,26,29)/t16-,17+,19-,20-/m0/s1. The fraction of sp³-hybridized carbons (Fsp3) is 0.522. The van der Waals surface area contributed by atoms with E-state index in [-0.39, 0.29) is 23.9 Å². The Morgan fingerprint density at radius 2 is 1.97 bits per heavy atom. The molecule has 2 fully saturated rings. The number of hydrogen-bond acceptors (Lipinski definition) is 4. The topological polar surface area (TPSA) is 87.3 Å².